The number of aromatic nitrogens is 2. The molecule has 13 heteroatoms. The Hall–Kier alpha value is -4.29. The first-order valence-corrected chi connectivity index (χ1v) is 10.9. The number of hydrogen-bond acceptors (Lipinski definition) is 8. The van der Waals surface area contributed by atoms with E-state index in [0.717, 1.165) is 15.5 Å². The normalized spacial score (nSPS) is 13.0. The summed E-state index contributed by atoms with van der Waals surface area (Å²) in [6, 6.07) is 3.64. The highest BCUT2D eigenvalue weighted by Crippen LogP contribution is 2.31. The van der Waals surface area contributed by atoms with Crippen LogP contribution in [0.2, 0.25) is 0 Å². The molecule has 1 aromatic heterocycles. The largest absolute Gasteiger partial charge is 0.383 e. The summed E-state index contributed by atoms with van der Waals surface area (Å²) >= 11 is 0. The number of rotatable bonds is 8. The fourth-order valence-corrected chi connectivity index (χ4v) is 3.90. The minimum Gasteiger partial charge on any atom is -0.383 e. The zero-order chi connectivity index (χ0) is 26.2. The molecule has 3 N–H and O–H groups in total. The van der Waals surface area contributed by atoms with Crippen LogP contribution in [0.1, 0.15) is 48.4 Å². The number of fused-ring (bicyclic) bond motifs is 1. The van der Waals surface area contributed by atoms with Crippen molar-refractivity contribution in [3.05, 3.63) is 60.3 Å². The van der Waals surface area contributed by atoms with Gasteiger partial charge in [-0.05, 0) is 17.9 Å². The van der Waals surface area contributed by atoms with Gasteiger partial charge in [-0.3, -0.25) is 43.7 Å². The lowest BCUT2D eigenvalue weighted by molar-refractivity contribution is -0.385. The molecule has 0 saturated heterocycles. The molecule has 0 unspecified atom stereocenters. The molecule has 0 fully saturated rings. The summed E-state index contributed by atoms with van der Waals surface area (Å²) in [7, 11) is 0. The zero-order valence-electron chi connectivity index (χ0n) is 19.7. The quantitative estimate of drug-likeness (QED) is 0.314. The van der Waals surface area contributed by atoms with Crippen molar-refractivity contribution in [2.24, 2.45) is 11.8 Å². The fraction of sp³-hybridized carbons (Fsp3) is 0.409. The summed E-state index contributed by atoms with van der Waals surface area (Å²) < 4.78 is 1.15. The first kappa shape index (κ1) is 25.3. The third-order valence-corrected chi connectivity index (χ3v) is 5.35. The number of carbonyl (C=O) groups is 3. The molecule has 1 aliphatic heterocycles. The molecule has 2 heterocycles. The number of nitrogens with zero attached hydrogens (tertiary/aromatic N) is 4. The lowest BCUT2D eigenvalue weighted by Gasteiger charge is -2.27. The monoisotopic (exact) mass is 486 g/mol. The van der Waals surface area contributed by atoms with E-state index in [1.165, 1.54) is 12.1 Å². The molecule has 1 aliphatic rings. The minimum atomic E-state index is -0.984. The van der Waals surface area contributed by atoms with E-state index in [4.69, 9.17) is 5.73 Å². The molecule has 0 spiro atoms. The maximum atomic E-state index is 13.4. The number of amides is 3. The van der Waals surface area contributed by atoms with Gasteiger partial charge in [0.05, 0.1) is 10.5 Å². The number of nitrogen functional groups attached to an aromatic ring is 1. The highest BCUT2D eigenvalue weighted by molar-refractivity contribution is 6.24. The molecule has 13 nitrogen and oxygen atoms in total. The molecule has 3 rings (SSSR count). The van der Waals surface area contributed by atoms with Crippen LogP contribution < -0.4 is 21.9 Å². The summed E-state index contributed by atoms with van der Waals surface area (Å²) in [5, 5.41) is 11.3. The average Bonchev–Trinajstić information content (AvgIpc) is 3.00. The number of nitro groups is 1. The van der Waals surface area contributed by atoms with Crippen molar-refractivity contribution in [3.8, 4) is 0 Å². The SMILES string of the molecule is CC(C)CN(C(=O)CN1C(=O)c2cccc([N+](=O)[O-])c2C1=O)c1c(N)n(CC(C)C)c(=O)[nH]c1=O. The second-order valence-electron chi connectivity index (χ2n) is 9.05. The van der Waals surface area contributed by atoms with Gasteiger partial charge in [-0.2, -0.15) is 0 Å². The second kappa shape index (κ2) is 9.52. The molecular weight excluding hydrogens is 460 g/mol. The zero-order valence-corrected chi connectivity index (χ0v) is 19.7. The van der Waals surface area contributed by atoms with Crippen LogP contribution in [0.15, 0.2) is 27.8 Å². The van der Waals surface area contributed by atoms with E-state index < -0.39 is 51.7 Å². The Morgan fingerprint density at radius 2 is 1.77 bits per heavy atom. The van der Waals surface area contributed by atoms with Crippen molar-refractivity contribution in [2.45, 2.75) is 34.2 Å². The standard InChI is InChI=1S/C22H26N6O7/c1-11(2)8-25(17-18(23)26(9-12(3)4)22(33)24-19(17)30)15(29)10-27-20(31)13-6-5-7-14(28(34)35)16(13)21(27)32/h5-7,11-12H,8-10,23H2,1-4H3,(H,24,30,33). The van der Waals surface area contributed by atoms with Gasteiger partial charge in [0.2, 0.25) is 5.91 Å². The second-order valence-corrected chi connectivity index (χ2v) is 9.05. The van der Waals surface area contributed by atoms with Crippen LogP contribution in [-0.4, -0.2) is 50.2 Å². The number of anilines is 2. The Morgan fingerprint density at radius 1 is 1.11 bits per heavy atom. The summed E-state index contributed by atoms with van der Waals surface area (Å²) in [6.45, 7) is 6.64. The first-order valence-electron chi connectivity index (χ1n) is 10.9. The number of nitro benzene ring substituents is 1. The number of nitrogens with two attached hydrogens (primary N) is 1. The predicted molar refractivity (Wildman–Crippen MR) is 126 cm³/mol. The summed E-state index contributed by atoms with van der Waals surface area (Å²) in [5.74, 6) is -3.05. The highest BCUT2D eigenvalue weighted by Gasteiger charge is 2.42. The van der Waals surface area contributed by atoms with E-state index in [9.17, 15) is 34.1 Å². The van der Waals surface area contributed by atoms with Crippen molar-refractivity contribution in [3.63, 3.8) is 0 Å². The number of imide groups is 1. The lowest BCUT2D eigenvalue weighted by Crippen LogP contribution is -2.47. The predicted octanol–water partition coefficient (Wildman–Crippen LogP) is 0.968. The number of benzene rings is 1. The number of H-pyrrole nitrogens is 1. The Balaban J connectivity index is 2.03. The summed E-state index contributed by atoms with van der Waals surface area (Å²) in [6.07, 6.45) is 0. The van der Waals surface area contributed by atoms with E-state index in [1.807, 2.05) is 13.8 Å². The molecule has 0 aliphatic carbocycles. The topological polar surface area (TPSA) is 182 Å². The van der Waals surface area contributed by atoms with Gasteiger partial charge in [0.1, 0.15) is 17.9 Å². The van der Waals surface area contributed by atoms with Crippen LogP contribution in [0.25, 0.3) is 0 Å². The van der Waals surface area contributed by atoms with Gasteiger partial charge < -0.3 is 10.6 Å². The number of nitrogens with one attached hydrogen (secondary N) is 1. The van der Waals surface area contributed by atoms with E-state index in [0.29, 0.717) is 4.90 Å². The van der Waals surface area contributed by atoms with Crippen LogP contribution in [0.3, 0.4) is 0 Å². The van der Waals surface area contributed by atoms with Crippen molar-refractivity contribution >= 4 is 34.9 Å². The molecule has 186 valence electrons. The summed E-state index contributed by atoms with van der Waals surface area (Å²) in [5.41, 5.74) is 3.15. The molecule has 3 amide bonds. The number of aromatic amines is 1. The fourth-order valence-electron chi connectivity index (χ4n) is 3.90. The summed E-state index contributed by atoms with van der Waals surface area (Å²) in [4.78, 5) is 78.5. The Bertz CT molecular complexity index is 1340. The van der Waals surface area contributed by atoms with E-state index in [2.05, 4.69) is 4.98 Å². The first-order chi connectivity index (χ1) is 16.3. The van der Waals surface area contributed by atoms with Gasteiger partial charge >= 0.3 is 5.69 Å². The Labute approximate surface area is 199 Å². The van der Waals surface area contributed by atoms with E-state index in [1.54, 1.807) is 13.8 Å². The Kier molecular flexibility index (Phi) is 6.89. The van der Waals surface area contributed by atoms with E-state index in [-0.39, 0.29) is 42.0 Å². The van der Waals surface area contributed by atoms with Crippen LogP contribution in [-0.2, 0) is 11.3 Å². The van der Waals surface area contributed by atoms with Crippen LogP contribution >= 0.6 is 0 Å². The molecule has 0 radical (unpaired) electrons. The third kappa shape index (κ3) is 4.69. The van der Waals surface area contributed by atoms with Gasteiger partial charge in [-0.25, -0.2) is 4.79 Å². The van der Waals surface area contributed by atoms with Crippen molar-refractivity contribution in [2.75, 3.05) is 23.7 Å². The molecule has 35 heavy (non-hydrogen) atoms. The third-order valence-electron chi connectivity index (χ3n) is 5.35. The van der Waals surface area contributed by atoms with Crippen molar-refractivity contribution in [1.29, 1.82) is 0 Å². The Morgan fingerprint density at radius 3 is 2.34 bits per heavy atom. The molecule has 0 bridgehead atoms. The van der Waals surface area contributed by atoms with Gasteiger partial charge in [-0.15, -0.1) is 0 Å². The van der Waals surface area contributed by atoms with Gasteiger partial charge in [0.25, 0.3) is 23.1 Å². The van der Waals surface area contributed by atoms with E-state index >= 15 is 0 Å². The minimum absolute atomic E-state index is 0.00265. The smallest absolute Gasteiger partial charge is 0.330 e. The van der Waals surface area contributed by atoms with Gasteiger partial charge in [0.15, 0.2) is 5.69 Å². The molecule has 1 aromatic carbocycles. The maximum absolute atomic E-state index is 13.4. The van der Waals surface area contributed by atoms with Crippen LogP contribution in [0.4, 0.5) is 17.2 Å². The molecular formula is C22H26N6O7. The van der Waals surface area contributed by atoms with Gasteiger partial charge in [-0.1, -0.05) is 33.8 Å². The average molecular weight is 486 g/mol. The molecule has 0 saturated carbocycles. The number of carbonyl (C=O) groups excluding carboxylic acids is 3. The van der Waals surface area contributed by atoms with Gasteiger partial charge in [0, 0.05) is 19.2 Å². The lowest BCUT2D eigenvalue weighted by atomic mass is 10.1. The number of hydrogen-bond donors (Lipinski definition) is 2. The molecule has 2 aromatic rings. The van der Waals surface area contributed by atoms with Crippen molar-refractivity contribution < 1.29 is 19.3 Å². The molecule has 0 atom stereocenters. The van der Waals surface area contributed by atoms with Crippen LogP contribution in [0.5, 0.6) is 0 Å². The van der Waals surface area contributed by atoms with Crippen LogP contribution in [0, 0.1) is 22.0 Å². The maximum Gasteiger partial charge on any atom is 0.330 e. The van der Waals surface area contributed by atoms with Crippen molar-refractivity contribution in [1.82, 2.24) is 14.5 Å². The highest BCUT2D eigenvalue weighted by atomic mass is 16.6.